The minimum Gasteiger partial charge on any atom is -0.756 e. The highest BCUT2D eigenvalue weighted by Gasteiger charge is 2.24. The van der Waals surface area contributed by atoms with Crippen LogP contribution in [0.4, 0.5) is 0 Å². The molecule has 0 saturated heterocycles. The highest BCUT2D eigenvalue weighted by Crippen LogP contribution is 2.39. The van der Waals surface area contributed by atoms with E-state index in [4.69, 9.17) is 37.0 Å². The number of hydrogen-bond donors (Lipinski definition) is 0. The molecule has 0 radical (unpaired) electrons. The molecule has 0 bridgehead atoms. The van der Waals surface area contributed by atoms with Gasteiger partial charge in [-0.3, -0.25) is 28.3 Å². The number of carbonyl (C=O) groups is 4. The minimum absolute atomic E-state index is 0.0669. The van der Waals surface area contributed by atoms with Gasteiger partial charge >= 0.3 is 23.9 Å². The Balaban J connectivity index is 1.30. The maximum Gasteiger partial charge on any atom is 0.306 e. The van der Waals surface area contributed by atoms with Gasteiger partial charge in [0.25, 0.3) is 15.6 Å². The highest BCUT2D eigenvalue weighted by atomic mass is 31.2. The second-order valence-electron chi connectivity index (χ2n) is 30.6. The lowest BCUT2D eigenvalue weighted by Gasteiger charge is -2.28. The smallest absolute Gasteiger partial charge is 0.306 e. The number of nitrogens with zero attached hydrogens (tertiary/aromatic N) is 8. The predicted octanol–water partition coefficient (Wildman–Crippen LogP) is 15.8. The Morgan fingerprint density at radius 2 is 0.692 bits per heavy atom. The van der Waals surface area contributed by atoms with Gasteiger partial charge in [0.1, 0.15) is 39.5 Å². The Morgan fingerprint density at radius 1 is 0.404 bits per heavy atom. The molecule has 24 nitrogen and oxygen atoms in total. The summed E-state index contributed by atoms with van der Waals surface area (Å²) in [7, 11) is 2.10. The Hall–Kier alpha value is -4.48. The van der Waals surface area contributed by atoms with Crippen LogP contribution in [0.25, 0.3) is 0 Å². The van der Waals surface area contributed by atoms with Crippen LogP contribution in [-0.2, 0) is 91.3 Å². The van der Waals surface area contributed by atoms with Crippen LogP contribution in [0.3, 0.4) is 0 Å². The van der Waals surface area contributed by atoms with Crippen molar-refractivity contribution in [1.29, 1.82) is 0 Å². The molecular weight excluding hydrogens is 1370 g/mol. The van der Waals surface area contributed by atoms with Crippen LogP contribution < -0.4 is 9.79 Å². The van der Waals surface area contributed by atoms with E-state index in [0.717, 1.165) is 138 Å². The first-order valence-electron chi connectivity index (χ1n) is 40.3. The Morgan fingerprint density at radius 3 is 1.00 bits per heavy atom. The number of rotatable bonds is 70. The fraction of sp³-hybridized carbons (Fsp3) is 0.821. The summed E-state index contributed by atoms with van der Waals surface area (Å²) in [5.41, 5.74) is 4.06. The number of unbranched alkanes of at least 4 members (excludes halogenated alkanes) is 34. The normalized spacial score (nSPS) is 13.7. The van der Waals surface area contributed by atoms with Gasteiger partial charge in [-0.05, 0) is 62.5 Å². The summed E-state index contributed by atoms with van der Waals surface area (Å²) in [6, 6.07) is 8.34. The van der Waals surface area contributed by atoms with Crippen molar-refractivity contribution in [3.63, 3.8) is 0 Å². The fourth-order valence-electron chi connectivity index (χ4n) is 11.9. The molecule has 0 aliphatic heterocycles. The largest absolute Gasteiger partial charge is 0.756 e. The monoisotopic (exact) mass is 1510 g/mol. The summed E-state index contributed by atoms with van der Waals surface area (Å²) < 4.78 is 72.3. The van der Waals surface area contributed by atoms with E-state index in [-0.39, 0.29) is 52.1 Å². The number of phosphoric acid groups is 2. The second-order valence-corrected chi connectivity index (χ2v) is 33.5. The number of likely N-dealkylation sites (N-methyl/N-ethyl adjacent to an activating group) is 2. The Labute approximate surface area is 626 Å². The molecule has 2 unspecified atom stereocenters. The van der Waals surface area contributed by atoms with E-state index in [1.54, 1.807) is 0 Å². The molecule has 0 amide bonds. The summed E-state index contributed by atoms with van der Waals surface area (Å²) in [5.74, 6) is -1.85. The summed E-state index contributed by atoms with van der Waals surface area (Å²) >= 11 is 0. The maximum atomic E-state index is 13.0. The zero-order valence-electron chi connectivity index (χ0n) is 65.8. The molecule has 0 fully saturated rings. The van der Waals surface area contributed by atoms with Crippen LogP contribution >= 0.6 is 15.6 Å². The Kier molecular flexibility index (Phi) is 51.9. The van der Waals surface area contributed by atoms with Crippen molar-refractivity contribution in [2.75, 3.05) is 95.0 Å². The van der Waals surface area contributed by atoms with E-state index in [1.165, 1.54) is 116 Å². The summed E-state index contributed by atoms with van der Waals surface area (Å²) in [6.07, 6.45) is 45.9. The SMILES string of the molecule is CCCCCCCCCCCCCCCC(=O)OC[C@H](COP(=O)([O-])OCC[N+](C)(C)C)OC(=O)CCCCCCCCc1cn(Cc2cccc(Cn3cc(CCCCCCCCC(=O)O[C@H](COC(=O)CCCCCCCCCCCCCCC)COP(=O)([O-])OCC[N+](C)(C)C)nn3)c2)nn1. The quantitative estimate of drug-likeness (QED) is 0.0167. The van der Waals surface area contributed by atoms with E-state index in [2.05, 4.69) is 52.7 Å². The zero-order valence-corrected chi connectivity index (χ0v) is 67.6. The van der Waals surface area contributed by atoms with Crippen molar-refractivity contribution in [2.45, 2.75) is 322 Å². The second kappa shape index (κ2) is 57.6. The van der Waals surface area contributed by atoms with Gasteiger partial charge in [-0.15, -0.1) is 10.2 Å². The van der Waals surface area contributed by atoms with Crippen LogP contribution in [-0.4, -0.2) is 170 Å². The number of ether oxygens (including phenoxy) is 4. The molecule has 2 heterocycles. The highest BCUT2D eigenvalue weighted by molar-refractivity contribution is 7.46. The van der Waals surface area contributed by atoms with Gasteiger partial charge in [0.05, 0.1) is 80.0 Å². The summed E-state index contributed by atoms with van der Waals surface area (Å²) in [4.78, 5) is 76.4. The lowest BCUT2D eigenvalue weighted by Crippen LogP contribution is -2.37. The number of esters is 4. The number of benzene rings is 1. The van der Waals surface area contributed by atoms with E-state index in [0.29, 0.717) is 60.8 Å². The van der Waals surface area contributed by atoms with Crippen molar-refractivity contribution < 1.29 is 84.1 Å². The third kappa shape index (κ3) is 54.2. The van der Waals surface area contributed by atoms with Gasteiger partial charge in [0, 0.05) is 38.1 Å². The molecule has 3 aromatic rings. The number of aromatic nitrogens is 6. The van der Waals surface area contributed by atoms with Gasteiger partial charge in [0.15, 0.2) is 12.2 Å². The van der Waals surface area contributed by atoms with Crippen molar-refractivity contribution in [1.82, 2.24) is 30.0 Å². The van der Waals surface area contributed by atoms with Crippen molar-refractivity contribution in [3.8, 4) is 0 Å². The molecule has 2 aromatic heterocycles. The first-order chi connectivity index (χ1) is 49.9. The molecule has 104 heavy (non-hydrogen) atoms. The maximum absolute atomic E-state index is 13.0. The number of quaternary nitrogens is 2. The predicted molar refractivity (Wildman–Crippen MR) is 404 cm³/mol. The van der Waals surface area contributed by atoms with E-state index in [1.807, 2.05) is 70.1 Å². The molecule has 0 aliphatic rings. The molecule has 4 atom stereocenters. The Bertz CT molecular complexity index is 2610. The van der Waals surface area contributed by atoms with Crippen LogP contribution in [0.2, 0.25) is 0 Å². The first kappa shape index (κ1) is 93.7. The lowest BCUT2D eigenvalue weighted by atomic mass is 10.0. The molecule has 0 N–H and O–H groups in total. The number of carbonyl (C=O) groups excluding carboxylic acids is 4. The van der Waals surface area contributed by atoms with E-state index in [9.17, 15) is 38.1 Å². The third-order valence-corrected chi connectivity index (χ3v) is 20.2. The number of aryl methyl sites for hydroxylation is 2. The topological polar surface area (TPSA) is 284 Å². The zero-order chi connectivity index (χ0) is 75.8. The van der Waals surface area contributed by atoms with Crippen LogP contribution in [0.1, 0.15) is 306 Å². The van der Waals surface area contributed by atoms with E-state index >= 15 is 0 Å². The van der Waals surface area contributed by atoms with Gasteiger partial charge in [-0.1, -0.05) is 254 Å². The van der Waals surface area contributed by atoms with Gasteiger partial charge in [-0.25, -0.2) is 9.36 Å². The van der Waals surface area contributed by atoms with Crippen molar-refractivity contribution in [2.24, 2.45) is 0 Å². The third-order valence-electron chi connectivity index (χ3n) is 18.3. The van der Waals surface area contributed by atoms with Crippen LogP contribution in [0.15, 0.2) is 36.7 Å². The lowest BCUT2D eigenvalue weighted by molar-refractivity contribution is -0.870. The number of hydrogen-bond acceptors (Lipinski definition) is 20. The standard InChI is InChI=1S/C78H140N8O16P2/c1-9-11-13-15-17-19-21-23-25-27-29-37-43-52-75(87)95-65-73(67-99-103(91,92)97-58-56-85(3,4)5)101-77(89)54-45-39-33-31-35-41-50-71-63-83(81-79-71)61-69-48-47-49-70(60-69)62-84-64-72(80-82-84)51-42-36-32-34-40-46-55-78(90)102-74(68-100-104(93,94)98-59-57-86(6,7)8)66-96-76(88)53-44-38-30-28-26-24-22-20-18-16-14-12-10-2/h47-49,60,63-64,73-74H,9-46,50-59,61-62,65-68H2,1-8H3/t73-,74-/m1/s1. The van der Waals surface area contributed by atoms with Crippen molar-refractivity contribution >= 4 is 39.5 Å². The minimum atomic E-state index is -4.70. The molecule has 26 heteroatoms. The van der Waals surface area contributed by atoms with Crippen LogP contribution in [0, 0.1) is 0 Å². The fourth-order valence-corrected chi connectivity index (χ4v) is 13.4. The molecule has 0 aliphatic carbocycles. The molecule has 0 saturated carbocycles. The van der Waals surface area contributed by atoms with E-state index < -0.39 is 64.9 Å². The van der Waals surface area contributed by atoms with Gasteiger partial charge < -0.3 is 55.8 Å². The van der Waals surface area contributed by atoms with Gasteiger partial charge in [-0.2, -0.15) is 0 Å². The first-order valence-corrected chi connectivity index (χ1v) is 43.2. The summed E-state index contributed by atoms with van der Waals surface area (Å²) in [6.45, 7) is 4.74. The molecule has 598 valence electrons. The van der Waals surface area contributed by atoms with Gasteiger partial charge in [0.2, 0.25) is 0 Å². The summed E-state index contributed by atoms with van der Waals surface area (Å²) in [5, 5.41) is 17.7. The average molecular weight is 1510 g/mol. The van der Waals surface area contributed by atoms with Crippen LogP contribution in [0.5, 0.6) is 0 Å². The molecule has 1 aromatic carbocycles. The average Bonchev–Trinajstić information content (AvgIpc) is 1.70. The molecule has 0 spiro atoms. The number of phosphoric ester groups is 2. The molecular formula is C78H140N8O16P2. The van der Waals surface area contributed by atoms with Crippen molar-refractivity contribution in [3.05, 3.63) is 59.2 Å². The molecule has 3 rings (SSSR count).